The maximum absolute atomic E-state index is 12.8. The summed E-state index contributed by atoms with van der Waals surface area (Å²) in [4.78, 5) is 25.6. The zero-order valence-corrected chi connectivity index (χ0v) is 20.0. The maximum Gasteiger partial charge on any atom is 0.255 e. The molecule has 1 heterocycles. The van der Waals surface area contributed by atoms with Crippen molar-refractivity contribution in [3.05, 3.63) is 101 Å². The second kappa shape index (κ2) is 11.3. The lowest BCUT2D eigenvalue weighted by Crippen LogP contribution is -2.41. The molecule has 0 aromatic heterocycles. The first kappa shape index (κ1) is 24.6. The quantitative estimate of drug-likeness (QED) is 0.502. The summed E-state index contributed by atoms with van der Waals surface area (Å²) >= 11 is 0. The van der Waals surface area contributed by atoms with Crippen LogP contribution in [0.25, 0.3) is 0 Å². The molecule has 2 N–H and O–H groups in total. The molecule has 1 fully saturated rings. The average Bonchev–Trinajstić information content (AvgIpc) is 2.89. The smallest absolute Gasteiger partial charge is 0.255 e. The van der Waals surface area contributed by atoms with Crippen LogP contribution in [0.15, 0.2) is 78.9 Å². The van der Waals surface area contributed by atoms with Crippen LogP contribution >= 0.6 is 0 Å². The summed E-state index contributed by atoms with van der Waals surface area (Å²) in [7, 11) is -3.45. The van der Waals surface area contributed by atoms with Crippen molar-refractivity contribution in [3.8, 4) is 0 Å². The van der Waals surface area contributed by atoms with Crippen molar-refractivity contribution in [2.45, 2.75) is 12.3 Å². The van der Waals surface area contributed by atoms with Gasteiger partial charge < -0.3 is 15.4 Å². The van der Waals surface area contributed by atoms with Crippen molar-refractivity contribution in [1.29, 1.82) is 0 Å². The monoisotopic (exact) mass is 493 g/mol. The predicted octanol–water partition coefficient (Wildman–Crippen LogP) is 3.03. The first-order chi connectivity index (χ1) is 16.9. The number of rotatable bonds is 8. The Bertz CT molecular complexity index is 1270. The van der Waals surface area contributed by atoms with E-state index in [0.717, 1.165) is 5.56 Å². The van der Waals surface area contributed by atoms with Gasteiger partial charge in [-0.2, -0.15) is 4.31 Å². The molecule has 4 rings (SSSR count). The van der Waals surface area contributed by atoms with Gasteiger partial charge in [0, 0.05) is 25.2 Å². The molecule has 35 heavy (non-hydrogen) atoms. The van der Waals surface area contributed by atoms with E-state index in [-0.39, 0.29) is 11.7 Å². The van der Waals surface area contributed by atoms with E-state index in [4.69, 9.17) is 4.74 Å². The van der Waals surface area contributed by atoms with Gasteiger partial charge in [-0.3, -0.25) is 9.59 Å². The standard InChI is InChI=1S/C26H27N3O5S/c30-25(22-12-10-21(11-13-22)19-35(32,33)29-14-16-34-17-15-29)28-24-9-5-4-8-23(24)26(31)27-18-20-6-2-1-3-7-20/h1-13H,14-19H2,(H,27,31)(H,28,30). The fraction of sp³-hybridized carbons (Fsp3) is 0.231. The molecule has 182 valence electrons. The van der Waals surface area contributed by atoms with Gasteiger partial charge in [0.1, 0.15) is 0 Å². The first-order valence-electron chi connectivity index (χ1n) is 11.3. The minimum absolute atomic E-state index is 0.140. The van der Waals surface area contributed by atoms with Crippen molar-refractivity contribution in [3.63, 3.8) is 0 Å². The highest BCUT2D eigenvalue weighted by molar-refractivity contribution is 7.88. The SMILES string of the molecule is O=C(Nc1ccccc1C(=O)NCc1ccccc1)c1ccc(CS(=O)(=O)N2CCOCC2)cc1. The summed E-state index contributed by atoms with van der Waals surface area (Å²) in [6.45, 7) is 1.85. The van der Waals surface area contributed by atoms with Crippen molar-refractivity contribution in [2.75, 3.05) is 31.6 Å². The highest BCUT2D eigenvalue weighted by Crippen LogP contribution is 2.18. The molecular weight excluding hydrogens is 466 g/mol. The molecule has 3 aromatic rings. The van der Waals surface area contributed by atoms with Crippen LogP contribution in [-0.4, -0.2) is 50.8 Å². The lowest BCUT2D eigenvalue weighted by Gasteiger charge is -2.26. The second-order valence-electron chi connectivity index (χ2n) is 8.13. The Hall–Kier alpha value is -3.53. The normalized spacial score (nSPS) is 14.3. The Morgan fingerprint density at radius 2 is 1.46 bits per heavy atom. The molecule has 9 heteroatoms. The summed E-state index contributed by atoms with van der Waals surface area (Å²) in [6.07, 6.45) is 0. The summed E-state index contributed by atoms with van der Waals surface area (Å²) < 4.78 is 31.9. The molecule has 2 amide bonds. The predicted molar refractivity (Wildman–Crippen MR) is 133 cm³/mol. The van der Waals surface area contributed by atoms with Crippen LogP contribution in [0, 0.1) is 0 Å². The van der Waals surface area contributed by atoms with Crippen LogP contribution in [0.3, 0.4) is 0 Å². The van der Waals surface area contributed by atoms with Gasteiger partial charge in [0.15, 0.2) is 0 Å². The van der Waals surface area contributed by atoms with Crippen molar-refractivity contribution in [2.24, 2.45) is 0 Å². The van der Waals surface area contributed by atoms with Gasteiger partial charge in [0.2, 0.25) is 10.0 Å². The molecule has 0 spiro atoms. The lowest BCUT2D eigenvalue weighted by atomic mass is 10.1. The molecule has 0 aliphatic carbocycles. The van der Waals surface area contributed by atoms with Crippen LogP contribution in [0.2, 0.25) is 0 Å². The van der Waals surface area contributed by atoms with Crippen LogP contribution in [0.5, 0.6) is 0 Å². The van der Waals surface area contributed by atoms with E-state index in [1.165, 1.54) is 4.31 Å². The van der Waals surface area contributed by atoms with E-state index >= 15 is 0 Å². The minimum Gasteiger partial charge on any atom is -0.379 e. The van der Waals surface area contributed by atoms with Gasteiger partial charge in [-0.05, 0) is 35.4 Å². The number of carbonyl (C=O) groups is 2. The number of carbonyl (C=O) groups excluding carboxylic acids is 2. The van der Waals surface area contributed by atoms with E-state index in [2.05, 4.69) is 10.6 Å². The number of nitrogens with zero attached hydrogens (tertiary/aromatic N) is 1. The third-order valence-corrected chi connectivity index (χ3v) is 7.49. The van der Waals surface area contributed by atoms with Gasteiger partial charge >= 0.3 is 0 Å². The van der Waals surface area contributed by atoms with E-state index in [1.54, 1.807) is 48.5 Å². The van der Waals surface area contributed by atoms with E-state index < -0.39 is 15.9 Å². The Kier molecular flexibility index (Phi) is 7.91. The number of morpholine rings is 1. The Balaban J connectivity index is 1.39. The van der Waals surface area contributed by atoms with E-state index in [0.29, 0.717) is 55.2 Å². The Labute approximate surface area is 205 Å². The van der Waals surface area contributed by atoms with E-state index in [1.807, 2.05) is 30.3 Å². The molecule has 0 bridgehead atoms. The molecule has 1 aliphatic heterocycles. The highest BCUT2D eigenvalue weighted by Gasteiger charge is 2.24. The number of hydrogen-bond donors (Lipinski definition) is 2. The molecular formula is C26H27N3O5S. The molecule has 0 unspecified atom stereocenters. The third-order valence-electron chi connectivity index (χ3n) is 5.64. The van der Waals surface area contributed by atoms with Crippen LogP contribution in [0.4, 0.5) is 5.69 Å². The molecule has 1 saturated heterocycles. The Morgan fingerprint density at radius 3 is 2.17 bits per heavy atom. The van der Waals surface area contributed by atoms with Crippen LogP contribution in [0.1, 0.15) is 31.8 Å². The van der Waals surface area contributed by atoms with Gasteiger partial charge in [-0.15, -0.1) is 0 Å². The number of anilines is 1. The molecule has 8 nitrogen and oxygen atoms in total. The summed E-state index contributed by atoms with van der Waals surface area (Å²) in [5.74, 6) is -0.830. The molecule has 0 saturated carbocycles. The highest BCUT2D eigenvalue weighted by atomic mass is 32.2. The lowest BCUT2D eigenvalue weighted by molar-refractivity contribution is 0.0729. The van der Waals surface area contributed by atoms with Crippen molar-refractivity contribution >= 4 is 27.5 Å². The van der Waals surface area contributed by atoms with Crippen molar-refractivity contribution < 1.29 is 22.7 Å². The van der Waals surface area contributed by atoms with Crippen LogP contribution < -0.4 is 10.6 Å². The first-order valence-corrected chi connectivity index (χ1v) is 12.9. The summed E-state index contributed by atoms with van der Waals surface area (Å²) in [5.41, 5.74) is 2.66. The van der Waals surface area contributed by atoms with Crippen molar-refractivity contribution in [1.82, 2.24) is 9.62 Å². The molecule has 0 radical (unpaired) electrons. The average molecular weight is 494 g/mol. The zero-order valence-electron chi connectivity index (χ0n) is 19.1. The third kappa shape index (κ3) is 6.54. The summed E-state index contributed by atoms with van der Waals surface area (Å²) in [5, 5.41) is 5.65. The number of hydrogen-bond acceptors (Lipinski definition) is 5. The van der Waals surface area contributed by atoms with Gasteiger partial charge in [0.05, 0.1) is 30.2 Å². The number of nitrogens with one attached hydrogen (secondary N) is 2. The fourth-order valence-electron chi connectivity index (χ4n) is 3.74. The van der Waals surface area contributed by atoms with Gasteiger partial charge in [-0.25, -0.2) is 8.42 Å². The number of amides is 2. The Morgan fingerprint density at radius 1 is 0.800 bits per heavy atom. The number of sulfonamides is 1. The number of benzene rings is 3. The topological polar surface area (TPSA) is 105 Å². The minimum atomic E-state index is -3.45. The second-order valence-corrected chi connectivity index (χ2v) is 10.1. The van der Waals surface area contributed by atoms with Gasteiger partial charge in [-0.1, -0.05) is 54.6 Å². The summed E-state index contributed by atoms with van der Waals surface area (Å²) in [6, 6.07) is 22.8. The number of para-hydroxylation sites is 1. The molecule has 3 aromatic carbocycles. The maximum atomic E-state index is 12.8. The van der Waals surface area contributed by atoms with Crippen LogP contribution in [-0.2, 0) is 27.1 Å². The van der Waals surface area contributed by atoms with Gasteiger partial charge in [0.25, 0.3) is 11.8 Å². The molecule has 1 aliphatic rings. The fourth-order valence-corrected chi connectivity index (χ4v) is 5.24. The largest absolute Gasteiger partial charge is 0.379 e. The zero-order chi connectivity index (χ0) is 24.7. The van der Waals surface area contributed by atoms with E-state index in [9.17, 15) is 18.0 Å². The molecule has 0 atom stereocenters. The number of ether oxygens (including phenoxy) is 1.